The molecule has 0 unspecified atom stereocenters. The quantitative estimate of drug-likeness (QED) is 0.508. The predicted molar refractivity (Wildman–Crippen MR) is 51.0 cm³/mol. The summed E-state index contributed by atoms with van der Waals surface area (Å²) >= 11 is 1.20. The van der Waals surface area contributed by atoms with E-state index in [0.717, 1.165) is 0 Å². The van der Waals surface area contributed by atoms with Crippen molar-refractivity contribution in [3.63, 3.8) is 0 Å². The van der Waals surface area contributed by atoms with Crippen LogP contribution in [0.4, 0.5) is 0 Å². The van der Waals surface area contributed by atoms with Crippen LogP contribution in [0.15, 0.2) is 5.38 Å². The summed E-state index contributed by atoms with van der Waals surface area (Å²) in [5.74, 6) is 4.14. The number of hydrogen-bond acceptors (Lipinski definition) is 5. The van der Waals surface area contributed by atoms with Crippen LogP contribution in [0.2, 0.25) is 0 Å². The first-order valence-corrected chi connectivity index (χ1v) is 4.58. The number of carbonyl (C=O) groups is 2. The van der Waals surface area contributed by atoms with Crippen LogP contribution in [-0.2, 0) is 9.53 Å². The van der Waals surface area contributed by atoms with Crippen LogP contribution >= 0.6 is 11.3 Å². The zero-order valence-corrected chi connectivity index (χ0v) is 8.47. The summed E-state index contributed by atoms with van der Waals surface area (Å²) in [5, 5.41) is 1.97. The van der Waals surface area contributed by atoms with Gasteiger partial charge in [-0.05, 0) is 11.8 Å². The Morgan fingerprint density at radius 3 is 2.86 bits per heavy atom. The molecule has 0 spiro atoms. The minimum atomic E-state index is -0.503. The van der Waals surface area contributed by atoms with Gasteiger partial charge in [-0.2, -0.15) is 0 Å². The monoisotopic (exact) mass is 209 g/mol. The number of methoxy groups -OCH3 is 1. The lowest BCUT2D eigenvalue weighted by atomic mass is 10.4. The number of esters is 1. The van der Waals surface area contributed by atoms with E-state index in [9.17, 15) is 9.59 Å². The van der Waals surface area contributed by atoms with Crippen LogP contribution in [0.1, 0.15) is 22.4 Å². The van der Waals surface area contributed by atoms with Crippen molar-refractivity contribution < 1.29 is 14.3 Å². The Kier molecular flexibility index (Phi) is 3.37. The van der Waals surface area contributed by atoms with Gasteiger partial charge >= 0.3 is 5.97 Å². The van der Waals surface area contributed by atoms with Crippen LogP contribution in [0.3, 0.4) is 0 Å². The second-order valence-electron chi connectivity index (χ2n) is 2.34. The summed E-state index contributed by atoms with van der Waals surface area (Å²) in [6, 6.07) is 0. The van der Waals surface area contributed by atoms with Gasteiger partial charge in [0.05, 0.1) is 7.11 Å². The Hall–Kier alpha value is -1.67. The molecule has 4 nitrogen and oxygen atoms in total. The Morgan fingerprint density at radius 2 is 2.29 bits per heavy atom. The molecule has 0 aliphatic rings. The number of carbonyl (C=O) groups excluding carboxylic acids is 2. The molecule has 1 rings (SSSR count). The fourth-order valence-electron chi connectivity index (χ4n) is 0.671. The van der Waals surface area contributed by atoms with Crippen LogP contribution < -0.4 is 0 Å². The highest BCUT2D eigenvalue weighted by Gasteiger charge is 2.08. The van der Waals surface area contributed by atoms with Crippen LogP contribution in [0.5, 0.6) is 0 Å². The van der Waals surface area contributed by atoms with E-state index in [1.54, 1.807) is 0 Å². The highest BCUT2D eigenvalue weighted by Crippen LogP contribution is 2.08. The highest BCUT2D eigenvalue weighted by molar-refractivity contribution is 7.10. The molecule has 5 heteroatoms. The van der Waals surface area contributed by atoms with Gasteiger partial charge < -0.3 is 4.74 Å². The second kappa shape index (κ2) is 4.53. The van der Waals surface area contributed by atoms with E-state index in [0.29, 0.717) is 5.01 Å². The number of ketones is 1. The molecular formula is C9H7NO3S. The Balaban J connectivity index is 2.85. The largest absolute Gasteiger partial charge is 0.464 e. The predicted octanol–water partition coefficient (Wildman–Crippen LogP) is 0.870. The zero-order valence-electron chi connectivity index (χ0n) is 7.66. The molecule has 0 aromatic carbocycles. The summed E-state index contributed by atoms with van der Waals surface area (Å²) in [6.07, 6.45) is 0. The van der Waals surface area contributed by atoms with E-state index in [4.69, 9.17) is 0 Å². The Morgan fingerprint density at radius 1 is 1.57 bits per heavy atom. The van der Waals surface area contributed by atoms with E-state index in [1.807, 2.05) is 0 Å². The minimum Gasteiger partial charge on any atom is -0.464 e. The zero-order chi connectivity index (χ0) is 10.6. The fraction of sp³-hybridized carbons (Fsp3) is 0.222. The van der Waals surface area contributed by atoms with E-state index in [2.05, 4.69) is 21.6 Å². The number of rotatable bonds is 1. The number of thiazole rings is 1. The Labute approximate surface area is 84.9 Å². The van der Waals surface area contributed by atoms with E-state index in [-0.39, 0.29) is 11.5 Å². The third-order valence-corrected chi connectivity index (χ3v) is 2.00. The molecule has 0 radical (unpaired) electrons. The summed E-state index contributed by atoms with van der Waals surface area (Å²) in [6.45, 7) is 1.36. The molecule has 0 N–H and O–H groups in total. The first-order valence-electron chi connectivity index (χ1n) is 3.70. The van der Waals surface area contributed by atoms with Crippen molar-refractivity contribution in [1.82, 2.24) is 4.98 Å². The first-order chi connectivity index (χ1) is 6.63. The van der Waals surface area contributed by atoms with Gasteiger partial charge in [-0.15, -0.1) is 11.3 Å². The summed E-state index contributed by atoms with van der Waals surface area (Å²) in [7, 11) is 1.28. The molecule has 72 valence electrons. The van der Waals surface area contributed by atoms with Gasteiger partial charge in [0.1, 0.15) is 0 Å². The van der Waals surface area contributed by atoms with Crippen LogP contribution in [0.25, 0.3) is 0 Å². The molecule has 0 saturated heterocycles. The van der Waals surface area contributed by atoms with Gasteiger partial charge in [-0.1, -0.05) is 0 Å². The van der Waals surface area contributed by atoms with E-state index in [1.165, 1.54) is 30.8 Å². The second-order valence-corrected chi connectivity index (χ2v) is 3.19. The maximum absolute atomic E-state index is 11.0. The van der Waals surface area contributed by atoms with Gasteiger partial charge in [0.25, 0.3) is 0 Å². The standard InChI is InChI=1S/C9H7NO3S/c1-6(11)3-4-8-10-7(5-14-8)9(12)13-2/h5H,1-2H3. The van der Waals surface area contributed by atoms with Crippen molar-refractivity contribution in [1.29, 1.82) is 0 Å². The van der Waals surface area contributed by atoms with E-state index >= 15 is 0 Å². The lowest BCUT2D eigenvalue weighted by Gasteiger charge is -1.89. The summed E-state index contributed by atoms with van der Waals surface area (Å²) < 4.78 is 4.47. The Bertz CT molecular complexity index is 425. The molecular weight excluding hydrogens is 202 g/mol. The lowest BCUT2D eigenvalue weighted by Crippen LogP contribution is -2.01. The molecule has 1 aromatic heterocycles. The first kappa shape index (κ1) is 10.4. The summed E-state index contributed by atoms with van der Waals surface area (Å²) in [5.41, 5.74) is 0.213. The van der Waals surface area contributed by atoms with Crippen LogP contribution in [-0.4, -0.2) is 23.8 Å². The highest BCUT2D eigenvalue weighted by atomic mass is 32.1. The maximum atomic E-state index is 11.0. The minimum absolute atomic E-state index is 0.213. The van der Waals surface area contributed by atoms with Crippen molar-refractivity contribution >= 4 is 23.1 Å². The molecule has 0 amide bonds. The molecule has 0 aliphatic carbocycles. The van der Waals surface area contributed by atoms with Gasteiger partial charge in [-0.3, -0.25) is 4.79 Å². The van der Waals surface area contributed by atoms with Gasteiger partial charge in [0.2, 0.25) is 5.78 Å². The molecule has 0 atom stereocenters. The van der Waals surface area contributed by atoms with Crippen molar-refractivity contribution in [3.05, 3.63) is 16.1 Å². The van der Waals surface area contributed by atoms with E-state index < -0.39 is 5.97 Å². The van der Waals surface area contributed by atoms with Crippen molar-refractivity contribution in [3.8, 4) is 11.8 Å². The van der Waals surface area contributed by atoms with Crippen LogP contribution in [0, 0.1) is 11.8 Å². The third kappa shape index (κ3) is 2.68. The van der Waals surface area contributed by atoms with Crippen molar-refractivity contribution in [2.75, 3.05) is 7.11 Å². The lowest BCUT2D eigenvalue weighted by molar-refractivity contribution is -0.111. The molecule has 0 saturated carbocycles. The normalized spacial score (nSPS) is 8.71. The molecule has 1 aromatic rings. The van der Waals surface area contributed by atoms with Crippen molar-refractivity contribution in [2.24, 2.45) is 0 Å². The van der Waals surface area contributed by atoms with Gasteiger partial charge in [0.15, 0.2) is 10.7 Å². The number of aromatic nitrogens is 1. The number of ether oxygens (including phenoxy) is 1. The number of nitrogens with zero attached hydrogens (tertiary/aromatic N) is 1. The fourth-order valence-corrected chi connectivity index (χ4v) is 1.30. The average molecular weight is 209 g/mol. The maximum Gasteiger partial charge on any atom is 0.357 e. The molecule has 0 aliphatic heterocycles. The topological polar surface area (TPSA) is 56.3 Å². The number of hydrogen-bond donors (Lipinski definition) is 0. The average Bonchev–Trinajstić information content (AvgIpc) is 2.62. The van der Waals surface area contributed by atoms with Gasteiger partial charge in [0, 0.05) is 12.3 Å². The molecule has 14 heavy (non-hydrogen) atoms. The van der Waals surface area contributed by atoms with Crippen molar-refractivity contribution in [2.45, 2.75) is 6.92 Å². The molecule has 0 fully saturated rings. The third-order valence-electron chi connectivity index (χ3n) is 1.24. The van der Waals surface area contributed by atoms with Gasteiger partial charge in [-0.25, -0.2) is 9.78 Å². The smallest absolute Gasteiger partial charge is 0.357 e. The molecule has 0 bridgehead atoms. The summed E-state index contributed by atoms with van der Waals surface area (Å²) in [4.78, 5) is 25.4. The molecule has 1 heterocycles. The number of Topliss-reactive ketones (excluding diaryl/α,β-unsaturated/α-hetero) is 1. The SMILES string of the molecule is COC(=O)c1csc(C#CC(C)=O)n1.